The third-order valence-electron chi connectivity index (χ3n) is 7.21. The van der Waals surface area contributed by atoms with Gasteiger partial charge in [0, 0.05) is 41.0 Å². The molecule has 0 bridgehead atoms. The molecule has 10 nitrogen and oxygen atoms in total. The maximum Gasteiger partial charge on any atom is 0.251 e. The van der Waals surface area contributed by atoms with Crippen LogP contribution < -0.4 is 15.0 Å². The highest BCUT2D eigenvalue weighted by Crippen LogP contribution is 2.37. The predicted octanol–water partition coefficient (Wildman–Crippen LogP) is 3.66. The Morgan fingerprint density at radius 1 is 1.15 bits per heavy atom. The van der Waals surface area contributed by atoms with E-state index in [-0.39, 0.29) is 41.9 Å². The smallest absolute Gasteiger partial charge is 0.251 e. The fraction of sp³-hybridized carbons (Fsp3) is 0.310. The number of nitrogens with one attached hydrogen (secondary N) is 1. The molecule has 0 radical (unpaired) electrons. The van der Waals surface area contributed by atoms with E-state index in [1.165, 1.54) is 6.07 Å². The minimum absolute atomic E-state index is 0.104. The minimum Gasteiger partial charge on any atom is -0.496 e. The fourth-order valence-corrected chi connectivity index (χ4v) is 6.56. The van der Waals surface area contributed by atoms with E-state index in [9.17, 15) is 13.2 Å². The summed E-state index contributed by atoms with van der Waals surface area (Å²) in [6.45, 7) is 3.25. The summed E-state index contributed by atoms with van der Waals surface area (Å²) in [5, 5.41) is 3.73. The summed E-state index contributed by atoms with van der Waals surface area (Å²) >= 11 is 0. The van der Waals surface area contributed by atoms with Gasteiger partial charge in [0.25, 0.3) is 5.91 Å². The van der Waals surface area contributed by atoms with Gasteiger partial charge in [-0.05, 0) is 55.7 Å². The first-order valence-corrected chi connectivity index (χ1v) is 14.8. The number of amides is 1. The zero-order valence-corrected chi connectivity index (χ0v) is 23.1. The monoisotopic (exact) mass is 559 g/mol. The first-order chi connectivity index (χ1) is 19.3. The Morgan fingerprint density at radius 2 is 2.02 bits per heavy atom. The molecule has 4 aromatic rings. The van der Waals surface area contributed by atoms with Crippen LogP contribution in [0.2, 0.25) is 0 Å². The number of carbonyl (C=O) groups is 1. The standard InChI is InChI=1S/C29H29N5O5S/c1-18-12-25(38-2)23-4-3-9-34(28(23)32-18)27-8-7-20-15-30-22(14-24(20)33-27)16-31-29(35)19-5-6-21-17-39-10-11-40(36,37)26(21)13-19/h5-8,12-15H,3-4,9-11,16-17H2,1-2H3,(H,31,35). The molecule has 0 unspecified atom stereocenters. The zero-order valence-electron chi connectivity index (χ0n) is 22.3. The van der Waals surface area contributed by atoms with Crippen molar-refractivity contribution in [1.82, 2.24) is 20.3 Å². The Balaban J connectivity index is 1.23. The lowest BCUT2D eigenvalue weighted by atomic mass is 10.0. The molecule has 40 heavy (non-hydrogen) atoms. The maximum atomic E-state index is 12.9. The van der Waals surface area contributed by atoms with E-state index in [1.807, 2.05) is 31.2 Å². The number of rotatable bonds is 5. The van der Waals surface area contributed by atoms with Crippen LogP contribution in [-0.2, 0) is 34.1 Å². The highest BCUT2D eigenvalue weighted by atomic mass is 32.2. The number of ether oxygens (including phenoxy) is 2. The lowest BCUT2D eigenvalue weighted by Gasteiger charge is -2.30. The number of fused-ring (bicyclic) bond motifs is 3. The van der Waals surface area contributed by atoms with Crippen molar-refractivity contribution in [1.29, 1.82) is 0 Å². The molecule has 0 fully saturated rings. The lowest BCUT2D eigenvalue weighted by molar-refractivity contribution is 0.0950. The molecule has 0 saturated heterocycles. The Kier molecular flexibility index (Phi) is 6.85. The number of hydrogen-bond acceptors (Lipinski definition) is 9. The van der Waals surface area contributed by atoms with Crippen LogP contribution in [0.25, 0.3) is 10.9 Å². The molecule has 0 spiro atoms. The van der Waals surface area contributed by atoms with Crippen LogP contribution in [0.15, 0.2) is 53.6 Å². The van der Waals surface area contributed by atoms with Crippen molar-refractivity contribution in [2.75, 3.05) is 30.9 Å². The van der Waals surface area contributed by atoms with Crippen molar-refractivity contribution in [3.8, 4) is 5.75 Å². The summed E-state index contributed by atoms with van der Waals surface area (Å²) in [5.74, 6) is 2.01. The van der Waals surface area contributed by atoms with Crippen LogP contribution in [0.5, 0.6) is 5.75 Å². The van der Waals surface area contributed by atoms with Crippen LogP contribution in [0.1, 0.15) is 39.3 Å². The van der Waals surface area contributed by atoms with Gasteiger partial charge >= 0.3 is 0 Å². The van der Waals surface area contributed by atoms with Gasteiger partial charge in [-0.3, -0.25) is 9.78 Å². The number of nitrogens with zero attached hydrogens (tertiary/aromatic N) is 4. The molecule has 0 atom stereocenters. The van der Waals surface area contributed by atoms with E-state index in [0.717, 1.165) is 58.9 Å². The van der Waals surface area contributed by atoms with Gasteiger partial charge in [-0.25, -0.2) is 18.4 Å². The molecular formula is C29H29N5O5S. The number of hydrogen-bond donors (Lipinski definition) is 1. The first kappa shape index (κ1) is 26.1. The molecule has 3 aromatic heterocycles. The normalized spacial score (nSPS) is 16.1. The zero-order chi connectivity index (χ0) is 27.9. The van der Waals surface area contributed by atoms with Gasteiger partial charge in [0.05, 0.1) is 48.7 Å². The van der Waals surface area contributed by atoms with Crippen LogP contribution in [0.3, 0.4) is 0 Å². The molecule has 1 aromatic carbocycles. The molecule has 0 aliphatic carbocycles. The van der Waals surface area contributed by atoms with Crippen molar-refractivity contribution in [3.05, 3.63) is 76.7 Å². The van der Waals surface area contributed by atoms with Crippen LogP contribution in [0.4, 0.5) is 11.6 Å². The van der Waals surface area contributed by atoms with Gasteiger partial charge in [0.15, 0.2) is 9.84 Å². The SMILES string of the molecule is COc1cc(C)nc2c1CCCN2c1ccc2cnc(CNC(=O)c3ccc4c(c3)S(=O)(=O)CCOC4)cc2n1. The van der Waals surface area contributed by atoms with E-state index in [1.54, 1.807) is 25.4 Å². The highest BCUT2D eigenvalue weighted by Gasteiger charge is 2.25. The van der Waals surface area contributed by atoms with Crippen LogP contribution in [-0.4, -0.2) is 55.3 Å². The number of benzene rings is 1. The number of aryl methyl sites for hydroxylation is 1. The van der Waals surface area contributed by atoms with Crippen molar-refractivity contribution >= 4 is 38.3 Å². The molecule has 5 heterocycles. The van der Waals surface area contributed by atoms with Gasteiger partial charge in [0.2, 0.25) is 0 Å². The number of methoxy groups -OCH3 is 1. The fourth-order valence-electron chi connectivity index (χ4n) is 5.17. The average molecular weight is 560 g/mol. The molecule has 2 aliphatic rings. The van der Waals surface area contributed by atoms with Crippen LogP contribution in [0, 0.1) is 6.92 Å². The van der Waals surface area contributed by atoms with E-state index in [2.05, 4.69) is 15.2 Å². The van der Waals surface area contributed by atoms with Gasteiger partial charge in [0.1, 0.15) is 17.4 Å². The molecule has 206 valence electrons. The summed E-state index contributed by atoms with van der Waals surface area (Å²) in [5.41, 5.74) is 4.18. The van der Waals surface area contributed by atoms with Gasteiger partial charge < -0.3 is 19.7 Å². The number of sulfone groups is 1. The minimum atomic E-state index is -3.51. The Bertz CT molecular complexity index is 1740. The second-order valence-corrected chi connectivity index (χ2v) is 12.0. The van der Waals surface area contributed by atoms with E-state index in [4.69, 9.17) is 19.4 Å². The largest absolute Gasteiger partial charge is 0.496 e. The second-order valence-electron chi connectivity index (χ2n) is 9.94. The number of aromatic nitrogens is 3. The van der Waals surface area contributed by atoms with E-state index >= 15 is 0 Å². The first-order valence-electron chi connectivity index (χ1n) is 13.1. The number of anilines is 2. The molecular weight excluding hydrogens is 530 g/mol. The molecule has 1 amide bonds. The third kappa shape index (κ3) is 4.98. The molecule has 6 rings (SSSR count). The Labute approximate surface area is 232 Å². The quantitative estimate of drug-likeness (QED) is 0.390. The van der Waals surface area contributed by atoms with Crippen molar-refractivity contribution in [2.45, 2.75) is 37.8 Å². The molecule has 0 saturated carbocycles. The van der Waals surface area contributed by atoms with Crippen molar-refractivity contribution in [3.63, 3.8) is 0 Å². The topological polar surface area (TPSA) is 124 Å². The summed E-state index contributed by atoms with van der Waals surface area (Å²) in [6, 6.07) is 12.4. The van der Waals surface area contributed by atoms with E-state index < -0.39 is 9.84 Å². The summed E-state index contributed by atoms with van der Waals surface area (Å²) in [4.78, 5) is 29.4. The van der Waals surface area contributed by atoms with Gasteiger partial charge in [-0.1, -0.05) is 6.07 Å². The van der Waals surface area contributed by atoms with Crippen LogP contribution >= 0.6 is 0 Å². The Hall–Kier alpha value is -4.09. The molecule has 1 N–H and O–H groups in total. The van der Waals surface area contributed by atoms with E-state index in [0.29, 0.717) is 11.3 Å². The maximum absolute atomic E-state index is 12.9. The Morgan fingerprint density at radius 3 is 2.88 bits per heavy atom. The summed E-state index contributed by atoms with van der Waals surface area (Å²) < 4.78 is 36.2. The van der Waals surface area contributed by atoms with Crippen molar-refractivity contribution in [2.24, 2.45) is 0 Å². The highest BCUT2D eigenvalue weighted by molar-refractivity contribution is 7.91. The number of pyridine rings is 3. The summed E-state index contributed by atoms with van der Waals surface area (Å²) in [6.07, 6.45) is 3.59. The van der Waals surface area contributed by atoms with Gasteiger partial charge in [-0.15, -0.1) is 0 Å². The average Bonchev–Trinajstić information content (AvgIpc) is 3.11. The second kappa shape index (κ2) is 10.5. The molecule has 2 aliphatic heterocycles. The lowest BCUT2D eigenvalue weighted by Crippen LogP contribution is -2.27. The summed E-state index contributed by atoms with van der Waals surface area (Å²) in [7, 11) is -1.83. The number of carbonyl (C=O) groups excluding carboxylic acids is 1. The molecule has 11 heteroatoms. The predicted molar refractivity (Wildman–Crippen MR) is 150 cm³/mol. The van der Waals surface area contributed by atoms with Crippen molar-refractivity contribution < 1.29 is 22.7 Å². The third-order valence-corrected chi connectivity index (χ3v) is 8.97. The van der Waals surface area contributed by atoms with Gasteiger partial charge in [-0.2, -0.15) is 0 Å².